The molecular formula is C18H27NO4S. The van der Waals surface area contributed by atoms with Gasteiger partial charge in [-0.2, -0.15) is 0 Å². The first kappa shape index (κ1) is 18.9. The number of amides is 1. The molecular weight excluding hydrogens is 326 g/mol. The first-order chi connectivity index (χ1) is 11.2. The van der Waals surface area contributed by atoms with Crippen LogP contribution in [0.25, 0.3) is 0 Å². The molecule has 24 heavy (non-hydrogen) atoms. The van der Waals surface area contributed by atoms with Crippen LogP contribution in [0.2, 0.25) is 0 Å². The zero-order chi connectivity index (χ0) is 18.0. The van der Waals surface area contributed by atoms with Crippen LogP contribution >= 0.6 is 0 Å². The molecule has 1 fully saturated rings. The van der Waals surface area contributed by atoms with Gasteiger partial charge in [-0.3, -0.25) is 4.79 Å². The van der Waals surface area contributed by atoms with Crippen molar-refractivity contribution in [2.75, 3.05) is 13.7 Å². The van der Waals surface area contributed by atoms with E-state index in [1.54, 1.807) is 26.2 Å². The Hall–Kier alpha value is -1.40. The molecule has 1 aliphatic rings. The predicted molar refractivity (Wildman–Crippen MR) is 93.8 cm³/mol. The number of ether oxygens (including phenoxy) is 1. The van der Waals surface area contributed by atoms with E-state index in [0.717, 1.165) is 18.4 Å². The van der Waals surface area contributed by atoms with E-state index in [-0.39, 0.29) is 10.9 Å². The summed E-state index contributed by atoms with van der Waals surface area (Å²) in [6.07, 6.45) is 2.23. The van der Waals surface area contributed by atoms with Crippen molar-refractivity contribution in [2.24, 2.45) is 0 Å². The van der Waals surface area contributed by atoms with Crippen molar-refractivity contribution < 1.29 is 17.9 Å². The topological polar surface area (TPSA) is 72.5 Å². The maximum Gasteiger partial charge on any atom is 0.242 e. The van der Waals surface area contributed by atoms with Crippen molar-refractivity contribution in [1.29, 1.82) is 0 Å². The quantitative estimate of drug-likeness (QED) is 0.853. The second kappa shape index (κ2) is 7.23. The monoisotopic (exact) mass is 353 g/mol. The van der Waals surface area contributed by atoms with E-state index in [9.17, 15) is 13.2 Å². The van der Waals surface area contributed by atoms with Gasteiger partial charge in [0.2, 0.25) is 5.91 Å². The van der Waals surface area contributed by atoms with Crippen LogP contribution in [0.3, 0.4) is 0 Å². The fourth-order valence-corrected chi connectivity index (χ4v) is 5.80. The lowest BCUT2D eigenvalue weighted by Crippen LogP contribution is -2.53. The number of hydrogen-bond donors (Lipinski definition) is 1. The van der Waals surface area contributed by atoms with Gasteiger partial charge in [0.05, 0.1) is 11.5 Å². The highest BCUT2D eigenvalue weighted by molar-refractivity contribution is 7.93. The Labute approximate surface area is 144 Å². The fraction of sp³-hybridized carbons (Fsp3) is 0.611. The summed E-state index contributed by atoms with van der Waals surface area (Å²) >= 11 is 0. The molecule has 0 aliphatic heterocycles. The summed E-state index contributed by atoms with van der Waals surface area (Å²) in [4.78, 5) is 13.2. The molecule has 5 nitrogen and oxygen atoms in total. The largest absolute Gasteiger partial charge is 0.383 e. The Kier molecular flexibility index (Phi) is 5.71. The highest BCUT2D eigenvalue weighted by Crippen LogP contribution is 2.41. The molecule has 1 aromatic carbocycles. The van der Waals surface area contributed by atoms with Crippen LogP contribution < -0.4 is 5.32 Å². The van der Waals surface area contributed by atoms with E-state index in [4.69, 9.17) is 4.74 Å². The lowest BCUT2D eigenvalue weighted by atomic mass is 10.1. The fourth-order valence-electron chi connectivity index (χ4n) is 3.42. The molecule has 1 atom stereocenters. The second-order valence-corrected chi connectivity index (χ2v) is 9.03. The van der Waals surface area contributed by atoms with Crippen molar-refractivity contribution in [3.63, 3.8) is 0 Å². The maximum atomic E-state index is 13.4. The Bertz CT molecular complexity index is 706. The summed E-state index contributed by atoms with van der Waals surface area (Å²) in [5.74, 6) is -0.398. The predicted octanol–water partition coefficient (Wildman–Crippen LogP) is 2.54. The normalized spacial score (nSPS) is 18.3. The van der Waals surface area contributed by atoms with Gasteiger partial charge >= 0.3 is 0 Å². The summed E-state index contributed by atoms with van der Waals surface area (Å²) in [6.45, 7) is 5.81. The molecule has 0 heterocycles. The number of methoxy groups -OCH3 is 1. The van der Waals surface area contributed by atoms with Gasteiger partial charge in [0.1, 0.15) is 0 Å². The van der Waals surface area contributed by atoms with Crippen LogP contribution in [0.15, 0.2) is 23.1 Å². The van der Waals surface area contributed by atoms with Gasteiger partial charge in [-0.1, -0.05) is 25.0 Å². The lowest BCUT2D eigenvalue weighted by Gasteiger charge is -2.30. The molecule has 0 spiro atoms. The third-order valence-corrected chi connectivity index (χ3v) is 7.41. The number of aryl methyl sites for hydroxylation is 2. The van der Waals surface area contributed by atoms with Crippen LogP contribution in [0.4, 0.5) is 0 Å². The first-order valence-corrected chi connectivity index (χ1v) is 9.85. The van der Waals surface area contributed by atoms with E-state index in [0.29, 0.717) is 25.0 Å². The number of carbonyl (C=O) groups is 1. The molecule has 0 saturated heterocycles. The van der Waals surface area contributed by atoms with Crippen LogP contribution in [0, 0.1) is 13.8 Å². The Morgan fingerprint density at radius 2 is 1.92 bits per heavy atom. The van der Waals surface area contributed by atoms with E-state index in [1.807, 2.05) is 19.9 Å². The summed E-state index contributed by atoms with van der Waals surface area (Å²) in [7, 11) is -2.21. The molecule has 1 N–H and O–H groups in total. The van der Waals surface area contributed by atoms with Gasteiger partial charge < -0.3 is 10.1 Å². The van der Waals surface area contributed by atoms with Gasteiger partial charge in [0, 0.05) is 13.2 Å². The Morgan fingerprint density at radius 3 is 2.50 bits per heavy atom. The summed E-state index contributed by atoms with van der Waals surface area (Å²) in [6, 6.07) is 5.14. The van der Waals surface area contributed by atoms with Gasteiger partial charge in [-0.25, -0.2) is 8.42 Å². The average molecular weight is 353 g/mol. The standard InChI is InChI=1S/C18H27NO4S/c1-13-7-8-14(2)16(11-13)24(21,22)18(9-5-6-10-18)17(20)19-15(3)12-23-4/h7-8,11,15H,5-6,9-10,12H2,1-4H3,(H,19,20). The first-order valence-electron chi connectivity index (χ1n) is 8.36. The molecule has 0 bridgehead atoms. The van der Waals surface area contributed by atoms with Crippen molar-refractivity contribution in [2.45, 2.75) is 62.1 Å². The smallest absolute Gasteiger partial charge is 0.242 e. The zero-order valence-corrected chi connectivity index (χ0v) is 15.7. The minimum absolute atomic E-state index is 0.228. The number of hydrogen-bond acceptors (Lipinski definition) is 4. The zero-order valence-electron chi connectivity index (χ0n) is 14.9. The lowest BCUT2D eigenvalue weighted by molar-refractivity contribution is -0.124. The number of sulfone groups is 1. The van der Waals surface area contributed by atoms with Crippen molar-refractivity contribution in [3.05, 3.63) is 29.3 Å². The molecule has 6 heteroatoms. The highest BCUT2D eigenvalue weighted by atomic mass is 32.2. The average Bonchev–Trinajstić information content (AvgIpc) is 3.01. The minimum Gasteiger partial charge on any atom is -0.383 e. The van der Waals surface area contributed by atoms with E-state index in [1.165, 1.54) is 0 Å². The second-order valence-electron chi connectivity index (χ2n) is 6.80. The van der Waals surface area contributed by atoms with E-state index >= 15 is 0 Å². The molecule has 1 saturated carbocycles. The summed E-state index contributed by atoms with van der Waals surface area (Å²) < 4.78 is 30.5. The summed E-state index contributed by atoms with van der Waals surface area (Å²) in [5.41, 5.74) is 1.56. The maximum absolute atomic E-state index is 13.4. The molecule has 0 radical (unpaired) electrons. The van der Waals surface area contributed by atoms with E-state index in [2.05, 4.69) is 5.32 Å². The minimum atomic E-state index is -3.77. The number of benzene rings is 1. The molecule has 1 unspecified atom stereocenters. The summed E-state index contributed by atoms with van der Waals surface area (Å²) in [5, 5.41) is 2.83. The van der Waals surface area contributed by atoms with Crippen LogP contribution in [-0.4, -0.2) is 38.8 Å². The SMILES string of the molecule is COCC(C)NC(=O)C1(S(=O)(=O)c2cc(C)ccc2C)CCCC1. The Balaban J connectivity index is 2.45. The van der Waals surface area contributed by atoms with Crippen LogP contribution in [-0.2, 0) is 19.4 Å². The number of rotatable bonds is 6. The molecule has 1 aliphatic carbocycles. The molecule has 1 amide bonds. The third kappa shape index (κ3) is 3.35. The molecule has 2 rings (SSSR count). The molecule has 0 aromatic heterocycles. The number of carbonyl (C=O) groups excluding carboxylic acids is 1. The van der Waals surface area contributed by atoms with Gasteiger partial charge in [0.15, 0.2) is 14.6 Å². The Morgan fingerprint density at radius 1 is 1.29 bits per heavy atom. The third-order valence-electron chi connectivity index (χ3n) is 4.77. The van der Waals surface area contributed by atoms with Crippen molar-refractivity contribution in [1.82, 2.24) is 5.32 Å². The van der Waals surface area contributed by atoms with Crippen molar-refractivity contribution in [3.8, 4) is 0 Å². The molecule has 134 valence electrons. The van der Waals surface area contributed by atoms with Gasteiger partial charge in [-0.05, 0) is 50.8 Å². The van der Waals surface area contributed by atoms with Crippen molar-refractivity contribution >= 4 is 15.7 Å². The van der Waals surface area contributed by atoms with E-state index < -0.39 is 20.5 Å². The van der Waals surface area contributed by atoms with Crippen LogP contribution in [0.5, 0.6) is 0 Å². The molecule has 1 aromatic rings. The number of nitrogens with one attached hydrogen (secondary N) is 1. The van der Waals surface area contributed by atoms with Gasteiger partial charge in [-0.15, -0.1) is 0 Å². The highest BCUT2D eigenvalue weighted by Gasteiger charge is 2.53. The van der Waals surface area contributed by atoms with Crippen LogP contribution in [0.1, 0.15) is 43.7 Å². The van der Waals surface area contributed by atoms with Gasteiger partial charge in [0.25, 0.3) is 0 Å².